The molecule has 0 aliphatic carbocycles. The minimum absolute atomic E-state index is 0.00630. The average molecular weight is 346 g/mol. The number of para-hydroxylation sites is 1. The second-order valence-electron chi connectivity index (χ2n) is 6.67. The molecule has 2 rings (SSSR count). The number of rotatable bonds is 6. The van der Waals surface area contributed by atoms with E-state index in [0.29, 0.717) is 11.7 Å². The van der Waals surface area contributed by atoms with Gasteiger partial charge in [0.25, 0.3) is 0 Å². The molecule has 0 saturated heterocycles. The van der Waals surface area contributed by atoms with Crippen LogP contribution in [0.25, 0.3) is 0 Å². The number of carbonyl (C=O) groups is 1. The van der Waals surface area contributed by atoms with Crippen LogP contribution in [-0.2, 0) is 11.3 Å². The first-order valence-corrected chi connectivity index (χ1v) is 9.30. The highest BCUT2D eigenvalue weighted by Gasteiger charge is 2.15. The Morgan fingerprint density at radius 1 is 1.21 bits per heavy atom. The lowest BCUT2D eigenvalue weighted by Gasteiger charge is -2.13. The van der Waals surface area contributed by atoms with Gasteiger partial charge in [-0.25, -0.2) is 4.98 Å². The first-order chi connectivity index (χ1) is 11.3. The van der Waals surface area contributed by atoms with Crippen molar-refractivity contribution in [3.63, 3.8) is 0 Å². The van der Waals surface area contributed by atoms with E-state index in [1.807, 2.05) is 39.0 Å². The minimum Gasteiger partial charge on any atom is -0.325 e. The van der Waals surface area contributed by atoms with E-state index in [1.54, 1.807) is 0 Å². The van der Waals surface area contributed by atoms with E-state index in [0.717, 1.165) is 34.2 Å². The lowest BCUT2D eigenvalue weighted by Crippen LogP contribution is -2.16. The number of aromatic nitrogens is 2. The predicted molar refractivity (Wildman–Crippen MR) is 102 cm³/mol. The number of carbonyl (C=O) groups excluding carboxylic acids is 1. The van der Waals surface area contributed by atoms with Crippen LogP contribution in [-0.4, -0.2) is 21.2 Å². The lowest BCUT2D eigenvalue weighted by molar-refractivity contribution is -0.113. The van der Waals surface area contributed by atoms with Crippen molar-refractivity contribution in [1.29, 1.82) is 0 Å². The fourth-order valence-corrected chi connectivity index (χ4v) is 3.53. The molecule has 1 heterocycles. The van der Waals surface area contributed by atoms with Crippen LogP contribution in [0.15, 0.2) is 23.4 Å². The van der Waals surface area contributed by atoms with E-state index in [-0.39, 0.29) is 5.91 Å². The molecule has 0 unspecified atom stereocenters. The Hall–Kier alpha value is -1.75. The summed E-state index contributed by atoms with van der Waals surface area (Å²) in [6.07, 6.45) is 0. The van der Waals surface area contributed by atoms with Crippen LogP contribution in [0.1, 0.15) is 36.4 Å². The topological polar surface area (TPSA) is 46.9 Å². The summed E-state index contributed by atoms with van der Waals surface area (Å²) in [4.78, 5) is 17.0. The van der Waals surface area contributed by atoms with Crippen LogP contribution in [0.4, 0.5) is 5.69 Å². The first kappa shape index (κ1) is 18.6. The Kier molecular flexibility index (Phi) is 6.10. The number of imidazole rings is 1. The van der Waals surface area contributed by atoms with E-state index in [1.165, 1.54) is 17.5 Å². The molecule has 0 aliphatic heterocycles. The standard InChI is InChI=1S/C19H27N3OS/c1-12(2)10-22-16(6)15(5)20-19(22)24-11-17(23)21-18-13(3)8-7-9-14(18)4/h7-9,12H,10-11H2,1-6H3,(H,21,23). The summed E-state index contributed by atoms with van der Waals surface area (Å²) in [5.74, 6) is 0.911. The maximum Gasteiger partial charge on any atom is 0.234 e. The van der Waals surface area contributed by atoms with Gasteiger partial charge in [-0.3, -0.25) is 4.79 Å². The van der Waals surface area contributed by atoms with Crippen molar-refractivity contribution < 1.29 is 4.79 Å². The Morgan fingerprint density at radius 3 is 2.42 bits per heavy atom. The minimum atomic E-state index is 0.00630. The number of hydrogen-bond donors (Lipinski definition) is 1. The van der Waals surface area contributed by atoms with Gasteiger partial charge in [0.2, 0.25) is 5.91 Å². The third-order valence-electron chi connectivity index (χ3n) is 4.05. The number of anilines is 1. The highest BCUT2D eigenvalue weighted by Crippen LogP contribution is 2.24. The molecule has 0 spiro atoms. The quantitative estimate of drug-likeness (QED) is 0.784. The van der Waals surface area contributed by atoms with Gasteiger partial charge in [-0.05, 0) is 44.7 Å². The Balaban J connectivity index is 2.06. The number of benzene rings is 1. The number of hydrogen-bond acceptors (Lipinski definition) is 3. The third kappa shape index (κ3) is 4.41. The maximum absolute atomic E-state index is 12.3. The summed E-state index contributed by atoms with van der Waals surface area (Å²) in [7, 11) is 0. The van der Waals surface area contributed by atoms with Gasteiger partial charge < -0.3 is 9.88 Å². The Morgan fingerprint density at radius 2 is 1.83 bits per heavy atom. The summed E-state index contributed by atoms with van der Waals surface area (Å²) in [6, 6.07) is 6.03. The van der Waals surface area contributed by atoms with E-state index in [2.05, 4.69) is 35.6 Å². The monoisotopic (exact) mass is 345 g/mol. The number of nitrogens with one attached hydrogen (secondary N) is 1. The average Bonchev–Trinajstić information content (AvgIpc) is 2.76. The highest BCUT2D eigenvalue weighted by molar-refractivity contribution is 7.99. The zero-order chi connectivity index (χ0) is 17.9. The third-order valence-corrected chi connectivity index (χ3v) is 5.02. The van der Waals surface area contributed by atoms with Crippen molar-refractivity contribution in [2.24, 2.45) is 5.92 Å². The fraction of sp³-hybridized carbons (Fsp3) is 0.474. The molecule has 1 aromatic heterocycles. The summed E-state index contributed by atoms with van der Waals surface area (Å²) in [5.41, 5.74) is 5.30. The molecule has 0 atom stereocenters. The summed E-state index contributed by atoms with van der Waals surface area (Å²) in [6.45, 7) is 13.4. The molecule has 1 N–H and O–H groups in total. The maximum atomic E-state index is 12.3. The van der Waals surface area contributed by atoms with E-state index in [4.69, 9.17) is 0 Å². The normalized spacial score (nSPS) is 11.1. The van der Waals surface area contributed by atoms with Crippen molar-refractivity contribution in [2.45, 2.75) is 53.2 Å². The van der Waals surface area contributed by atoms with Crippen LogP contribution in [0.3, 0.4) is 0 Å². The zero-order valence-corrected chi connectivity index (χ0v) is 16.3. The molecule has 0 saturated carbocycles. The molecule has 1 amide bonds. The molecule has 4 nitrogen and oxygen atoms in total. The molecule has 5 heteroatoms. The molecule has 130 valence electrons. The van der Waals surface area contributed by atoms with Crippen molar-refractivity contribution in [3.05, 3.63) is 40.7 Å². The first-order valence-electron chi connectivity index (χ1n) is 8.32. The number of amides is 1. The Labute approximate surface area is 149 Å². The molecular formula is C19H27N3OS. The molecule has 24 heavy (non-hydrogen) atoms. The van der Waals surface area contributed by atoms with E-state index >= 15 is 0 Å². The zero-order valence-electron chi connectivity index (χ0n) is 15.4. The van der Waals surface area contributed by atoms with Crippen molar-refractivity contribution in [3.8, 4) is 0 Å². The fourth-order valence-electron chi connectivity index (χ4n) is 2.63. The summed E-state index contributed by atoms with van der Waals surface area (Å²) < 4.78 is 2.22. The number of aryl methyl sites for hydroxylation is 3. The van der Waals surface area contributed by atoms with Gasteiger partial charge in [-0.1, -0.05) is 43.8 Å². The van der Waals surface area contributed by atoms with Gasteiger partial charge >= 0.3 is 0 Å². The largest absolute Gasteiger partial charge is 0.325 e. The highest BCUT2D eigenvalue weighted by atomic mass is 32.2. The van der Waals surface area contributed by atoms with Gasteiger partial charge in [-0.15, -0.1) is 0 Å². The lowest BCUT2D eigenvalue weighted by atomic mass is 10.1. The van der Waals surface area contributed by atoms with Crippen molar-refractivity contribution in [2.75, 3.05) is 11.1 Å². The number of nitrogens with zero attached hydrogens (tertiary/aromatic N) is 2. The molecular weight excluding hydrogens is 318 g/mol. The molecule has 1 aromatic carbocycles. The van der Waals surface area contributed by atoms with Crippen LogP contribution >= 0.6 is 11.8 Å². The van der Waals surface area contributed by atoms with Gasteiger partial charge in [0.05, 0.1) is 11.4 Å². The van der Waals surface area contributed by atoms with Crippen LogP contribution in [0, 0.1) is 33.6 Å². The summed E-state index contributed by atoms with van der Waals surface area (Å²) in [5, 5.41) is 3.96. The van der Waals surface area contributed by atoms with Crippen LogP contribution in [0.2, 0.25) is 0 Å². The SMILES string of the molecule is Cc1cccc(C)c1NC(=O)CSc1nc(C)c(C)n1CC(C)C. The molecule has 0 aliphatic rings. The summed E-state index contributed by atoms with van der Waals surface area (Å²) >= 11 is 1.50. The van der Waals surface area contributed by atoms with E-state index < -0.39 is 0 Å². The predicted octanol–water partition coefficient (Wildman–Crippen LogP) is 4.50. The second kappa shape index (κ2) is 7.88. The van der Waals surface area contributed by atoms with Crippen molar-refractivity contribution >= 4 is 23.4 Å². The van der Waals surface area contributed by atoms with Gasteiger partial charge in [0, 0.05) is 17.9 Å². The van der Waals surface area contributed by atoms with Crippen molar-refractivity contribution in [1.82, 2.24) is 9.55 Å². The molecule has 2 aromatic rings. The number of thioether (sulfide) groups is 1. The Bertz CT molecular complexity index is 714. The molecule has 0 radical (unpaired) electrons. The second-order valence-corrected chi connectivity index (χ2v) is 7.62. The van der Waals surface area contributed by atoms with Gasteiger partial charge in [0.15, 0.2) is 5.16 Å². The molecule has 0 fully saturated rings. The smallest absolute Gasteiger partial charge is 0.234 e. The van der Waals surface area contributed by atoms with Crippen LogP contribution in [0.5, 0.6) is 0 Å². The molecule has 0 bridgehead atoms. The van der Waals surface area contributed by atoms with E-state index in [9.17, 15) is 4.79 Å². The van der Waals surface area contributed by atoms with Gasteiger partial charge in [0.1, 0.15) is 0 Å². The van der Waals surface area contributed by atoms with Crippen LogP contribution < -0.4 is 5.32 Å². The van der Waals surface area contributed by atoms with Gasteiger partial charge in [-0.2, -0.15) is 0 Å².